The summed E-state index contributed by atoms with van der Waals surface area (Å²) in [6.07, 6.45) is -2.50. The molecule has 1 aromatic carbocycles. The maximum atomic E-state index is 12.8. The van der Waals surface area contributed by atoms with Crippen LogP contribution in [0, 0.1) is 12.3 Å². The molecule has 19 heavy (non-hydrogen) atoms. The van der Waals surface area contributed by atoms with Crippen LogP contribution in [0.1, 0.15) is 25.8 Å². The second-order valence-electron chi connectivity index (χ2n) is 4.84. The number of rotatable bonds is 6. The lowest BCUT2D eigenvalue weighted by atomic mass is 9.89. The minimum absolute atomic E-state index is 0.0224. The van der Waals surface area contributed by atoms with Crippen molar-refractivity contribution in [2.75, 3.05) is 6.61 Å². The summed E-state index contributed by atoms with van der Waals surface area (Å²) in [4.78, 5) is -0.0224. The van der Waals surface area contributed by atoms with E-state index < -0.39 is 28.6 Å². The Bertz CT molecular complexity index is 511. The Kier molecular flexibility index (Phi) is 5.04. The van der Waals surface area contributed by atoms with E-state index in [1.165, 1.54) is 19.1 Å². The Morgan fingerprint density at radius 2 is 1.79 bits per heavy atom. The van der Waals surface area contributed by atoms with Crippen LogP contribution in [0.2, 0.25) is 0 Å². The van der Waals surface area contributed by atoms with Crippen molar-refractivity contribution in [3.63, 3.8) is 0 Å². The maximum absolute atomic E-state index is 12.8. The summed E-state index contributed by atoms with van der Waals surface area (Å²) in [7, 11) is -3.99. The van der Waals surface area contributed by atoms with E-state index in [4.69, 9.17) is 4.18 Å². The molecule has 1 atom stereocenters. The van der Waals surface area contributed by atoms with Crippen molar-refractivity contribution in [2.45, 2.75) is 38.5 Å². The van der Waals surface area contributed by atoms with Gasteiger partial charge in [-0.05, 0) is 25.5 Å². The number of halogens is 2. The van der Waals surface area contributed by atoms with Crippen molar-refractivity contribution >= 4 is 10.1 Å². The van der Waals surface area contributed by atoms with Gasteiger partial charge in [0.2, 0.25) is 6.43 Å². The highest BCUT2D eigenvalue weighted by atomic mass is 32.2. The van der Waals surface area contributed by atoms with E-state index in [-0.39, 0.29) is 11.3 Å². The van der Waals surface area contributed by atoms with Crippen molar-refractivity contribution in [1.82, 2.24) is 0 Å². The molecule has 1 unspecified atom stereocenters. The molecular formula is C13H18F2O3S. The van der Waals surface area contributed by atoms with E-state index in [2.05, 4.69) is 0 Å². The first-order valence-electron chi connectivity index (χ1n) is 5.95. The topological polar surface area (TPSA) is 43.4 Å². The third-order valence-electron chi connectivity index (χ3n) is 3.19. The average molecular weight is 292 g/mol. The summed E-state index contributed by atoms with van der Waals surface area (Å²) in [5.74, 6) is 0. The highest BCUT2D eigenvalue weighted by Gasteiger charge is 2.35. The van der Waals surface area contributed by atoms with Gasteiger partial charge in [-0.3, -0.25) is 4.18 Å². The van der Waals surface area contributed by atoms with E-state index in [9.17, 15) is 17.2 Å². The van der Waals surface area contributed by atoms with Crippen LogP contribution in [0.15, 0.2) is 29.2 Å². The van der Waals surface area contributed by atoms with E-state index in [1.807, 2.05) is 6.92 Å². The molecule has 0 aliphatic carbocycles. The van der Waals surface area contributed by atoms with Crippen LogP contribution < -0.4 is 0 Å². The molecule has 108 valence electrons. The largest absolute Gasteiger partial charge is 0.296 e. The summed E-state index contributed by atoms with van der Waals surface area (Å²) in [5.41, 5.74) is -0.553. The number of hydrogen-bond donors (Lipinski definition) is 0. The molecule has 3 nitrogen and oxygen atoms in total. The van der Waals surface area contributed by atoms with E-state index in [0.29, 0.717) is 0 Å². The van der Waals surface area contributed by atoms with Gasteiger partial charge < -0.3 is 0 Å². The van der Waals surface area contributed by atoms with Crippen LogP contribution >= 0.6 is 0 Å². The fourth-order valence-corrected chi connectivity index (χ4v) is 2.33. The molecular weight excluding hydrogens is 274 g/mol. The molecule has 0 aromatic heterocycles. The Morgan fingerprint density at radius 1 is 1.26 bits per heavy atom. The fraction of sp³-hybridized carbons (Fsp3) is 0.538. The van der Waals surface area contributed by atoms with Gasteiger partial charge in [-0.1, -0.05) is 31.5 Å². The highest BCUT2D eigenvalue weighted by Crippen LogP contribution is 2.31. The Morgan fingerprint density at radius 3 is 2.21 bits per heavy atom. The second-order valence-corrected chi connectivity index (χ2v) is 6.45. The van der Waals surface area contributed by atoms with Gasteiger partial charge in [-0.15, -0.1) is 0 Å². The molecule has 0 saturated carbocycles. The van der Waals surface area contributed by atoms with Crippen molar-refractivity contribution in [2.24, 2.45) is 5.41 Å². The fourth-order valence-electron chi connectivity index (χ4n) is 1.30. The first-order chi connectivity index (χ1) is 8.71. The lowest BCUT2D eigenvalue weighted by Gasteiger charge is -2.26. The lowest BCUT2D eigenvalue weighted by molar-refractivity contribution is -0.0239. The van der Waals surface area contributed by atoms with Gasteiger partial charge in [0.1, 0.15) is 0 Å². The first-order valence-corrected chi connectivity index (χ1v) is 7.36. The van der Waals surface area contributed by atoms with Crippen molar-refractivity contribution in [3.05, 3.63) is 29.8 Å². The number of hydrogen-bond acceptors (Lipinski definition) is 3. The zero-order valence-electron chi connectivity index (χ0n) is 11.2. The highest BCUT2D eigenvalue weighted by molar-refractivity contribution is 7.86. The van der Waals surface area contributed by atoms with Gasteiger partial charge in [-0.2, -0.15) is 8.42 Å². The van der Waals surface area contributed by atoms with Crippen molar-refractivity contribution < 1.29 is 21.4 Å². The first kappa shape index (κ1) is 16.0. The van der Waals surface area contributed by atoms with Crippen LogP contribution in [0.25, 0.3) is 0 Å². The van der Waals surface area contributed by atoms with Crippen molar-refractivity contribution in [3.8, 4) is 0 Å². The summed E-state index contributed by atoms with van der Waals surface area (Å²) >= 11 is 0. The second kappa shape index (κ2) is 5.96. The van der Waals surface area contributed by atoms with Gasteiger partial charge in [0.25, 0.3) is 10.1 Å². The quantitative estimate of drug-likeness (QED) is 0.755. The molecule has 0 aliphatic rings. The summed E-state index contributed by atoms with van der Waals surface area (Å²) < 4.78 is 54.2. The molecule has 0 saturated heterocycles. The molecule has 0 amide bonds. The standard InChI is InChI=1S/C13H18F2O3S/c1-4-13(3,12(14)15)9-18-19(16,17)11-7-5-10(2)6-8-11/h5-8,12H,4,9H2,1-3H3. The monoisotopic (exact) mass is 292 g/mol. The normalized spacial score (nSPS) is 15.5. The molecule has 0 fully saturated rings. The number of alkyl halides is 2. The van der Waals surface area contributed by atoms with E-state index in [0.717, 1.165) is 5.56 Å². The molecule has 1 aromatic rings. The Hall–Kier alpha value is -1.01. The van der Waals surface area contributed by atoms with Crippen LogP contribution in [0.3, 0.4) is 0 Å². The zero-order valence-corrected chi connectivity index (χ0v) is 12.0. The van der Waals surface area contributed by atoms with Gasteiger partial charge in [-0.25, -0.2) is 8.78 Å². The average Bonchev–Trinajstić information content (AvgIpc) is 2.36. The molecule has 0 N–H and O–H groups in total. The van der Waals surface area contributed by atoms with E-state index in [1.54, 1.807) is 19.1 Å². The van der Waals surface area contributed by atoms with Gasteiger partial charge >= 0.3 is 0 Å². The van der Waals surface area contributed by atoms with Crippen LogP contribution in [-0.2, 0) is 14.3 Å². The van der Waals surface area contributed by atoms with E-state index >= 15 is 0 Å². The van der Waals surface area contributed by atoms with Gasteiger partial charge in [0, 0.05) is 0 Å². The third-order valence-corrected chi connectivity index (χ3v) is 4.47. The molecule has 0 aliphatic heterocycles. The Labute approximate surface area is 112 Å². The number of benzene rings is 1. The molecule has 0 spiro atoms. The van der Waals surface area contributed by atoms with Crippen molar-refractivity contribution in [1.29, 1.82) is 0 Å². The molecule has 6 heteroatoms. The molecule has 1 rings (SSSR count). The predicted molar refractivity (Wildman–Crippen MR) is 68.7 cm³/mol. The minimum atomic E-state index is -3.99. The van der Waals surface area contributed by atoms with Gasteiger partial charge in [0.05, 0.1) is 16.9 Å². The van der Waals surface area contributed by atoms with Crippen LogP contribution in [-0.4, -0.2) is 21.5 Å². The SMILES string of the molecule is CCC(C)(COS(=O)(=O)c1ccc(C)cc1)C(F)F. The predicted octanol–water partition coefficient (Wildman–Crippen LogP) is 3.38. The van der Waals surface area contributed by atoms with Gasteiger partial charge in [0.15, 0.2) is 0 Å². The summed E-state index contributed by atoms with van der Waals surface area (Å²) in [6.45, 7) is 4.18. The molecule has 0 heterocycles. The maximum Gasteiger partial charge on any atom is 0.296 e. The van der Waals surface area contributed by atoms with Crippen LogP contribution in [0.4, 0.5) is 8.78 Å². The summed E-state index contributed by atoms with van der Waals surface area (Å²) in [5, 5.41) is 0. The van der Waals surface area contributed by atoms with Crippen LogP contribution in [0.5, 0.6) is 0 Å². The molecule has 0 bridgehead atoms. The Balaban J connectivity index is 2.84. The number of aryl methyl sites for hydroxylation is 1. The minimum Gasteiger partial charge on any atom is -0.266 e. The zero-order chi connectivity index (χ0) is 14.7. The molecule has 0 radical (unpaired) electrons. The lowest BCUT2D eigenvalue weighted by Crippen LogP contribution is -2.32. The summed E-state index contributed by atoms with van der Waals surface area (Å²) in [6, 6.07) is 6.05. The smallest absolute Gasteiger partial charge is 0.266 e. The third kappa shape index (κ3) is 3.98.